The summed E-state index contributed by atoms with van der Waals surface area (Å²) in [5.41, 5.74) is 3.07. The molecule has 0 saturated heterocycles. The van der Waals surface area contributed by atoms with Gasteiger partial charge in [0.05, 0.1) is 17.9 Å². The number of thiol groups is 1. The summed E-state index contributed by atoms with van der Waals surface area (Å²) in [4.78, 5) is 11.3. The topological polar surface area (TPSA) is 46.9 Å². The molecule has 0 saturated carbocycles. The van der Waals surface area contributed by atoms with Gasteiger partial charge in [-0.05, 0) is 30.9 Å². The normalized spacial score (nSPS) is 10.4. The molecule has 0 spiro atoms. The van der Waals surface area contributed by atoms with E-state index in [-0.39, 0.29) is 5.91 Å². The molecular weight excluding hydrogens is 258 g/mol. The Morgan fingerprint density at radius 3 is 2.74 bits per heavy atom. The largest absolute Gasteiger partial charge is 0.350 e. The van der Waals surface area contributed by atoms with Gasteiger partial charge < -0.3 is 5.32 Å². The van der Waals surface area contributed by atoms with Gasteiger partial charge in [-0.25, -0.2) is 4.68 Å². The van der Waals surface area contributed by atoms with E-state index in [2.05, 4.69) is 30.0 Å². The van der Waals surface area contributed by atoms with Crippen LogP contribution in [0, 0.1) is 6.92 Å². The SMILES string of the molecule is Cc1ccc(-n2ccc(CNC(=O)CCS)n2)cc1. The van der Waals surface area contributed by atoms with Crippen molar-refractivity contribution in [2.75, 3.05) is 5.75 Å². The van der Waals surface area contributed by atoms with Gasteiger partial charge >= 0.3 is 0 Å². The predicted octanol–water partition coefficient (Wildman–Crippen LogP) is 2.12. The molecule has 2 aromatic rings. The van der Waals surface area contributed by atoms with Gasteiger partial charge in [0, 0.05) is 12.6 Å². The second kappa shape index (κ2) is 6.43. The Balaban J connectivity index is 1.99. The lowest BCUT2D eigenvalue weighted by atomic mass is 10.2. The van der Waals surface area contributed by atoms with Gasteiger partial charge in [0.1, 0.15) is 0 Å². The molecule has 2 rings (SSSR count). The molecule has 4 nitrogen and oxygen atoms in total. The van der Waals surface area contributed by atoms with E-state index in [0.29, 0.717) is 18.7 Å². The number of rotatable bonds is 5. The van der Waals surface area contributed by atoms with Gasteiger partial charge in [0.15, 0.2) is 0 Å². The number of amides is 1. The van der Waals surface area contributed by atoms with E-state index in [4.69, 9.17) is 0 Å². The predicted molar refractivity (Wildman–Crippen MR) is 78.6 cm³/mol. The molecule has 0 aliphatic heterocycles. The van der Waals surface area contributed by atoms with Gasteiger partial charge in [-0.15, -0.1) is 0 Å². The minimum atomic E-state index is -0.000106. The molecule has 1 aromatic heterocycles. The van der Waals surface area contributed by atoms with Crippen molar-refractivity contribution in [1.82, 2.24) is 15.1 Å². The maximum atomic E-state index is 11.3. The highest BCUT2D eigenvalue weighted by molar-refractivity contribution is 7.80. The van der Waals surface area contributed by atoms with E-state index in [1.165, 1.54) is 5.56 Å². The molecule has 0 atom stereocenters. The third-order valence-electron chi connectivity index (χ3n) is 2.75. The molecule has 0 bridgehead atoms. The maximum absolute atomic E-state index is 11.3. The zero-order chi connectivity index (χ0) is 13.7. The Morgan fingerprint density at radius 1 is 1.32 bits per heavy atom. The quantitative estimate of drug-likeness (QED) is 0.821. The maximum Gasteiger partial charge on any atom is 0.221 e. The first kappa shape index (κ1) is 13.7. The summed E-state index contributed by atoms with van der Waals surface area (Å²) in [6.07, 6.45) is 2.33. The van der Waals surface area contributed by atoms with E-state index in [1.54, 1.807) is 4.68 Å². The standard InChI is InChI=1S/C14H17N3OS/c1-11-2-4-13(5-3-11)17-8-6-12(16-17)10-15-14(18)7-9-19/h2-6,8,19H,7,9-10H2,1H3,(H,15,18). The Morgan fingerprint density at radius 2 is 2.05 bits per heavy atom. The number of carbonyl (C=O) groups excluding carboxylic acids is 1. The molecule has 5 heteroatoms. The Kier molecular flexibility index (Phi) is 4.63. The first-order valence-corrected chi connectivity index (χ1v) is 6.81. The van der Waals surface area contributed by atoms with Crippen LogP contribution in [0.25, 0.3) is 5.69 Å². The summed E-state index contributed by atoms with van der Waals surface area (Å²) in [6.45, 7) is 2.50. The van der Waals surface area contributed by atoms with E-state index in [0.717, 1.165) is 11.4 Å². The molecule has 1 N–H and O–H groups in total. The van der Waals surface area contributed by atoms with Crippen molar-refractivity contribution in [3.05, 3.63) is 47.8 Å². The second-order valence-corrected chi connectivity index (χ2v) is 4.78. The Bertz CT molecular complexity index is 548. The monoisotopic (exact) mass is 275 g/mol. The van der Waals surface area contributed by atoms with Crippen molar-refractivity contribution in [2.24, 2.45) is 0 Å². The summed E-state index contributed by atoms with van der Waals surface area (Å²) in [5.74, 6) is 0.559. The second-order valence-electron chi connectivity index (χ2n) is 4.34. The van der Waals surface area contributed by atoms with Crippen molar-refractivity contribution < 1.29 is 4.79 Å². The molecule has 1 heterocycles. The Hall–Kier alpha value is -1.75. The summed E-state index contributed by atoms with van der Waals surface area (Å²) in [6, 6.07) is 10.0. The molecule has 0 radical (unpaired) electrons. The summed E-state index contributed by atoms with van der Waals surface area (Å²) < 4.78 is 1.81. The third kappa shape index (κ3) is 3.86. The fourth-order valence-electron chi connectivity index (χ4n) is 1.68. The highest BCUT2D eigenvalue weighted by atomic mass is 32.1. The third-order valence-corrected chi connectivity index (χ3v) is 2.97. The van der Waals surface area contributed by atoms with Gasteiger partial charge in [0.2, 0.25) is 5.91 Å². The van der Waals surface area contributed by atoms with Crippen LogP contribution < -0.4 is 5.32 Å². The number of hydrogen-bond donors (Lipinski definition) is 2. The number of aromatic nitrogens is 2. The number of hydrogen-bond acceptors (Lipinski definition) is 3. The average Bonchev–Trinajstić information content (AvgIpc) is 2.86. The number of aryl methyl sites for hydroxylation is 1. The summed E-state index contributed by atoms with van der Waals surface area (Å²) in [7, 11) is 0. The smallest absolute Gasteiger partial charge is 0.221 e. The van der Waals surface area contributed by atoms with Crippen LogP contribution in [0.15, 0.2) is 36.5 Å². The lowest BCUT2D eigenvalue weighted by Gasteiger charge is -2.03. The van der Waals surface area contributed by atoms with Gasteiger partial charge in [0.25, 0.3) is 0 Å². The zero-order valence-corrected chi connectivity index (χ0v) is 11.7. The highest BCUT2D eigenvalue weighted by Gasteiger charge is 2.03. The summed E-state index contributed by atoms with van der Waals surface area (Å²) >= 11 is 4.02. The molecule has 19 heavy (non-hydrogen) atoms. The van der Waals surface area contributed by atoms with Crippen LogP contribution >= 0.6 is 12.6 Å². The molecule has 0 unspecified atom stereocenters. The zero-order valence-electron chi connectivity index (χ0n) is 10.8. The van der Waals surface area contributed by atoms with Crippen LogP contribution in [0.3, 0.4) is 0 Å². The fourth-order valence-corrected chi connectivity index (χ4v) is 1.88. The molecule has 1 aromatic carbocycles. The number of nitrogens with one attached hydrogen (secondary N) is 1. The minimum Gasteiger partial charge on any atom is -0.350 e. The van der Waals surface area contributed by atoms with Gasteiger partial charge in [-0.3, -0.25) is 4.79 Å². The van der Waals surface area contributed by atoms with Crippen molar-refractivity contribution in [2.45, 2.75) is 19.9 Å². The lowest BCUT2D eigenvalue weighted by Crippen LogP contribution is -2.23. The van der Waals surface area contributed by atoms with Crippen LogP contribution in [0.2, 0.25) is 0 Å². The molecule has 1 amide bonds. The van der Waals surface area contributed by atoms with Crippen molar-refractivity contribution in [1.29, 1.82) is 0 Å². The van der Waals surface area contributed by atoms with Gasteiger partial charge in [-0.1, -0.05) is 17.7 Å². The van der Waals surface area contributed by atoms with E-state index < -0.39 is 0 Å². The van der Waals surface area contributed by atoms with Crippen LogP contribution in [-0.4, -0.2) is 21.4 Å². The van der Waals surface area contributed by atoms with Crippen molar-refractivity contribution in [3.8, 4) is 5.69 Å². The van der Waals surface area contributed by atoms with E-state index in [1.807, 2.05) is 36.5 Å². The molecule has 0 aliphatic rings. The van der Waals surface area contributed by atoms with Gasteiger partial charge in [-0.2, -0.15) is 17.7 Å². The first-order valence-electron chi connectivity index (χ1n) is 6.18. The molecular formula is C14H17N3OS. The highest BCUT2D eigenvalue weighted by Crippen LogP contribution is 2.09. The van der Waals surface area contributed by atoms with E-state index in [9.17, 15) is 4.79 Å². The number of carbonyl (C=O) groups is 1. The number of nitrogens with zero attached hydrogens (tertiary/aromatic N) is 2. The van der Waals surface area contributed by atoms with Crippen LogP contribution in [0.5, 0.6) is 0 Å². The average molecular weight is 275 g/mol. The summed E-state index contributed by atoms with van der Waals surface area (Å²) in [5, 5.41) is 7.24. The Labute approximate surface area is 118 Å². The van der Waals surface area contributed by atoms with E-state index >= 15 is 0 Å². The lowest BCUT2D eigenvalue weighted by molar-refractivity contribution is -0.120. The minimum absolute atomic E-state index is 0.000106. The molecule has 0 aliphatic carbocycles. The van der Waals surface area contributed by atoms with Crippen molar-refractivity contribution >= 4 is 18.5 Å². The fraction of sp³-hybridized carbons (Fsp3) is 0.286. The van der Waals surface area contributed by atoms with Crippen LogP contribution in [-0.2, 0) is 11.3 Å². The first-order chi connectivity index (χ1) is 9.19. The molecule has 100 valence electrons. The number of benzene rings is 1. The van der Waals surface area contributed by atoms with Crippen LogP contribution in [0.1, 0.15) is 17.7 Å². The molecule has 0 fully saturated rings. The van der Waals surface area contributed by atoms with Crippen molar-refractivity contribution in [3.63, 3.8) is 0 Å². The van der Waals surface area contributed by atoms with Crippen LogP contribution in [0.4, 0.5) is 0 Å².